The van der Waals surface area contributed by atoms with Gasteiger partial charge in [0.1, 0.15) is 17.3 Å². The molecule has 0 saturated carbocycles. The summed E-state index contributed by atoms with van der Waals surface area (Å²) in [6, 6.07) is 12.9. The third kappa shape index (κ3) is 4.07. The molecule has 1 aliphatic heterocycles. The van der Waals surface area contributed by atoms with E-state index in [0.717, 1.165) is 11.1 Å². The molecule has 156 valence electrons. The molecule has 4 rings (SSSR count). The number of ether oxygens (including phenoxy) is 1. The average Bonchev–Trinajstić information content (AvgIpc) is 3.26. The molecule has 10 heteroatoms. The summed E-state index contributed by atoms with van der Waals surface area (Å²) in [6.45, 7) is 2.46. The lowest BCUT2D eigenvalue weighted by molar-refractivity contribution is -0.120. The number of sulfonamides is 1. The van der Waals surface area contributed by atoms with Crippen molar-refractivity contribution in [3.63, 3.8) is 0 Å². The Labute approximate surface area is 178 Å². The number of hydrogen-bond acceptors (Lipinski definition) is 7. The van der Waals surface area contributed by atoms with Crippen LogP contribution in [0.2, 0.25) is 0 Å². The number of nitrogens with zero attached hydrogens (tertiary/aromatic N) is 3. The van der Waals surface area contributed by atoms with Gasteiger partial charge >= 0.3 is 0 Å². The lowest BCUT2D eigenvalue weighted by Gasteiger charge is -2.34. The van der Waals surface area contributed by atoms with Crippen LogP contribution in [0.1, 0.15) is 18.1 Å². The van der Waals surface area contributed by atoms with E-state index >= 15 is 0 Å². The first-order valence-corrected chi connectivity index (χ1v) is 11.7. The Kier molecular flexibility index (Phi) is 5.80. The zero-order valence-corrected chi connectivity index (χ0v) is 17.8. The monoisotopic (exact) mass is 444 g/mol. The SMILES string of the molecule is CCOc1ccc(S(=O)(=O)N2Cc3ccccc3CC2C(=O)Nc2nncs2)cc1. The summed E-state index contributed by atoms with van der Waals surface area (Å²) in [5.74, 6) is 0.154. The van der Waals surface area contributed by atoms with Gasteiger partial charge in [-0.25, -0.2) is 8.42 Å². The molecule has 0 fully saturated rings. The maximum Gasteiger partial charge on any atom is 0.245 e. The minimum atomic E-state index is -3.93. The minimum absolute atomic E-state index is 0.110. The van der Waals surface area contributed by atoms with E-state index in [2.05, 4.69) is 15.5 Å². The van der Waals surface area contributed by atoms with Gasteiger partial charge in [-0.3, -0.25) is 10.1 Å². The van der Waals surface area contributed by atoms with Crippen LogP contribution < -0.4 is 10.1 Å². The van der Waals surface area contributed by atoms with Crippen LogP contribution in [0.15, 0.2) is 58.9 Å². The van der Waals surface area contributed by atoms with Crippen LogP contribution in [0.3, 0.4) is 0 Å². The highest BCUT2D eigenvalue weighted by atomic mass is 32.2. The molecule has 0 bridgehead atoms. The number of rotatable bonds is 6. The fraction of sp³-hybridized carbons (Fsp3) is 0.250. The van der Waals surface area contributed by atoms with Crippen molar-refractivity contribution in [1.29, 1.82) is 0 Å². The van der Waals surface area contributed by atoms with Gasteiger partial charge in [0.25, 0.3) is 0 Å². The third-order valence-corrected chi connectivity index (χ3v) is 7.32. The van der Waals surface area contributed by atoms with Gasteiger partial charge < -0.3 is 4.74 Å². The molecule has 0 aliphatic carbocycles. The van der Waals surface area contributed by atoms with Crippen molar-refractivity contribution >= 4 is 32.4 Å². The zero-order valence-electron chi connectivity index (χ0n) is 16.2. The standard InChI is InChI=1S/C20H20N4O4S2/c1-2-28-16-7-9-17(10-8-16)30(26,27)24-12-15-6-4-3-5-14(15)11-18(24)19(25)22-20-23-21-13-29-20/h3-10,13,18H,2,11-12H2,1H3,(H,22,23,25). The van der Waals surface area contributed by atoms with Crippen LogP contribution in [0, 0.1) is 0 Å². The molecule has 0 radical (unpaired) electrons. The third-order valence-electron chi connectivity index (χ3n) is 4.84. The zero-order chi connectivity index (χ0) is 21.1. The molecule has 1 aromatic heterocycles. The molecule has 1 atom stereocenters. The second-order valence-corrected chi connectivity index (χ2v) is 9.40. The second-order valence-electron chi connectivity index (χ2n) is 6.68. The van der Waals surface area contributed by atoms with Gasteiger partial charge in [-0.1, -0.05) is 35.6 Å². The van der Waals surface area contributed by atoms with Crippen LogP contribution in [-0.2, 0) is 27.8 Å². The van der Waals surface area contributed by atoms with Crippen molar-refractivity contribution in [1.82, 2.24) is 14.5 Å². The highest BCUT2D eigenvalue weighted by molar-refractivity contribution is 7.89. The molecule has 30 heavy (non-hydrogen) atoms. The summed E-state index contributed by atoms with van der Waals surface area (Å²) >= 11 is 1.18. The Balaban J connectivity index is 1.68. The van der Waals surface area contributed by atoms with Gasteiger partial charge in [0, 0.05) is 6.54 Å². The number of amides is 1. The summed E-state index contributed by atoms with van der Waals surface area (Å²) in [5, 5.41) is 10.5. The highest BCUT2D eigenvalue weighted by Crippen LogP contribution is 2.30. The maximum atomic E-state index is 13.5. The first-order valence-electron chi connectivity index (χ1n) is 9.37. The van der Waals surface area contributed by atoms with Gasteiger partial charge in [0.05, 0.1) is 11.5 Å². The molecule has 0 spiro atoms. The number of nitrogens with one attached hydrogen (secondary N) is 1. The number of carbonyl (C=O) groups excluding carboxylic acids is 1. The number of carbonyl (C=O) groups is 1. The predicted molar refractivity (Wildman–Crippen MR) is 113 cm³/mol. The average molecular weight is 445 g/mol. The fourth-order valence-corrected chi connectivity index (χ4v) is 5.41. The first-order chi connectivity index (χ1) is 14.5. The van der Waals surface area contributed by atoms with E-state index in [9.17, 15) is 13.2 Å². The summed E-state index contributed by atoms with van der Waals surface area (Å²) in [4.78, 5) is 13.1. The smallest absolute Gasteiger partial charge is 0.245 e. The van der Waals surface area contributed by atoms with Crippen LogP contribution in [0.25, 0.3) is 0 Å². The van der Waals surface area contributed by atoms with Gasteiger partial charge in [0.15, 0.2) is 0 Å². The van der Waals surface area contributed by atoms with Gasteiger partial charge in [-0.05, 0) is 48.7 Å². The molecule has 3 aromatic rings. The van der Waals surface area contributed by atoms with Crippen LogP contribution >= 0.6 is 11.3 Å². The number of aromatic nitrogens is 2. The summed E-state index contributed by atoms with van der Waals surface area (Å²) in [6.07, 6.45) is 0.275. The van der Waals surface area contributed by atoms with Crippen LogP contribution in [0.4, 0.5) is 5.13 Å². The Hall–Kier alpha value is -2.82. The van der Waals surface area contributed by atoms with Crippen molar-refractivity contribution in [3.8, 4) is 5.75 Å². The van der Waals surface area contributed by atoms with E-state index < -0.39 is 22.0 Å². The molecule has 0 saturated heterocycles. The lowest BCUT2D eigenvalue weighted by atomic mass is 9.95. The Bertz CT molecular complexity index is 1130. The lowest BCUT2D eigenvalue weighted by Crippen LogP contribution is -2.50. The van der Waals surface area contributed by atoms with Crippen LogP contribution in [-0.4, -0.2) is 41.5 Å². The molecule has 1 amide bonds. The molecule has 2 heterocycles. The minimum Gasteiger partial charge on any atom is -0.494 e. The number of fused-ring (bicyclic) bond motifs is 1. The van der Waals surface area contributed by atoms with E-state index in [0.29, 0.717) is 17.5 Å². The van der Waals surface area contributed by atoms with Crippen LogP contribution in [0.5, 0.6) is 5.75 Å². The molecular weight excluding hydrogens is 424 g/mol. The molecule has 1 unspecified atom stereocenters. The van der Waals surface area contributed by atoms with E-state index in [-0.39, 0.29) is 17.9 Å². The largest absolute Gasteiger partial charge is 0.494 e. The molecular formula is C20H20N4O4S2. The van der Waals surface area contributed by atoms with Gasteiger partial charge in [-0.15, -0.1) is 10.2 Å². The first kappa shape index (κ1) is 20.5. The molecule has 1 N–H and O–H groups in total. The Morgan fingerprint density at radius 3 is 2.60 bits per heavy atom. The topological polar surface area (TPSA) is 101 Å². The second kappa shape index (κ2) is 8.50. The van der Waals surface area contributed by atoms with E-state index in [1.807, 2.05) is 31.2 Å². The van der Waals surface area contributed by atoms with Gasteiger partial charge in [0.2, 0.25) is 21.1 Å². The molecule has 1 aliphatic rings. The van der Waals surface area contributed by atoms with Crippen molar-refractivity contribution in [3.05, 3.63) is 65.2 Å². The van der Waals surface area contributed by atoms with E-state index in [1.54, 1.807) is 12.1 Å². The number of benzene rings is 2. The van der Waals surface area contributed by atoms with E-state index in [4.69, 9.17) is 4.74 Å². The Morgan fingerprint density at radius 2 is 1.93 bits per heavy atom. The molecule has 2 aromatic carbocycles. The normalized spacial score (nSPS) is 16.6. The van der Waals surface area contributed by atoms with Crippen molar-refractivity contribution in [2.24, 2.45) is 0 Å². The van der Waals surface area contributed by atoms with E-state index in [1.165, 1.54) is 33.3 Å². The number of hydrogen-bond donors (Lipinski definition) is 1. The van der Waals surface area contributed by atoms with Crippen molar-refractivity contribution in [2.75, 3.05) is 11.9 Å². The maximum absolute atomic E-state index is 13.5. The summed E-state index contributed by atoms with van der Waals surface area (Å²) < 4.78 is 33.6. The Morgan fingerprint density at radius 1 is 1.20 bits per heavy atom. The van der Waals surface area contributed by atoms with Crippen molar-refractivity contribution in [2.45, 2.75) is 30.8 Å². The quantitative estimate of drug-likeness (QED) is 0.627. The number of anilines is 1. The van der Waals surface area contributed by atoms with Crippen molar-refractivity contribution < 1.29 is 17.9 Å². The summed E-state index contributed by atoms with van der Waals surface area (Å²) in [5.41, 5.74) is 3.33. The molecule has 8 nitrogen and oxygen atoms in total. The summed E-state index contributed by atoms with van der Waals surface area (Å²) in [7, 11) is -3.93. The fourth-order valence-electron chi connectivity index (χ4n) is 3.40. The highest BCUT2D eigenvalue weighted by Gasteiger charge is 2.39. The predicted octanol–water partition coefficient (Wildman–Crippen LogP) is 2.69. The van der Waals surface area contributed by atoms with Gasteiger partial charge in [-0.2, -0.15) is 4.31 Å².